The summed E-state index contributed by atoms with van der Waals surface area (Å²) in [5, 5.41) is 0.963. The van der Waals surface area contributed by atoms with Crippen LogP contribution >= 0.6 is 0 Å². The van der Waals surface area contributed by atoms with Gasteiger partial charge in [0.2, 0.25) is 5.78 Å². The van der Waals surface area contributed by atoms with Crippen LogP contribution in [0.4, 0.5) is 0 Å². The Labute approximate surface area is 173 Å². The van der Waals surface area contributed by atoms with E-state index in [9.17, 15) is 9.59 Å². The van der Waals surface area contributed by atoms with Crippen molar-refractivity contribution >= 4 is 22.6 Å². The maximum Gasteiger partial charge on any atom is 0.291 e. The van der Waals surface area contributed by atoms with Crippen LogP contribution in [0.3, 0.4) is 0 Å². The largest absolute Gasteiger partial charge is 0.361 e. The molecular weight excluding hydrogens is 378 g/mol. The topological polar surface area (TPSA) is 83.9 Å². The zero-order chi connectivity index (χ0) is 20.5. The van der Waals surface area contributed by atoms with Crippen molar-refractivity contribution in [3.05, 3.63) is 84.8 Å². The first-order chi connectivity index (χ1) is 14.7. The number of ketones is 1. The van der Waals surface area contributed by atoms with Gasteiger partial charge in [0.15, 0.2) is 0 Å². The Kier molecular flexibility index (Phi) is 4.63. The van der Waals surface area contributed by atoms with Crippen molar-refractivity contribution in [1.82, 2.24) is 24.4 Å². The quantitative estimate of drug-likeness (QED) is 0.505. The van der Waals surface area contributed by atoms with Gasteiger partial charge in [0, 0.05) is 48.8 Å². The molecule has 1 fully saturated rings. The van der Waals surface area contributed by atoms with Gasteiger partial charge in [-0.3, -0.25) is 14.6 Å². The lowest BCUT2D eigenvalue weighted by Crippen LogP contribution is -2.31. The molecule has 0 bridgehead atoms. The van der Waals surface area contributed by atoms with E-state index in [-0.39, 0.29) is 5.78 Å². The smallest absolute Gasteiger partial charge is 0.291 e. The summed E-state index contributed by atoms with van der Waals surface area (Å²) in [6, 6.07) is 13.0. The lowest BCUT2D eigenvalue weighted by molar-refractivity contribution is -0.140. The lowest BCUT2D eigenvalue weighted by atomic mass is 9.88. The van der Waals surface area contributed by atoms with Crippen molar-refractivity contribution in [2.24, 2.45) is 0 Å². The summed E-state index contributed by atoms with van der Waals surface area (Å²) in [5.41, 5.74) is 2.53. The fraction of sp³-hybridized carbons (Fsp3) is 0.217. The van der Waals surface area contributed by atoms with Crippen LogP contribution in [0.1, 0.15) is 29.6 Å². The molecule has 7 heteroatoms. The molecule has 4 aromatic rings. The number of pyridine rings is 1. The van der Waals surface area contributed by atoms with E-state index in [0.29, 0.717) is 6.54 Å². The van der Waals surface area contributed by atoms with Crippen molar-refractivity contribution in [2.45, 2.75) is 24.9 Å². The van der Waals surface area contributed by atoms with E-state index in [1.807, 2.05) is 59.4 Å². The summed E-state index contributed by atoms with van der Waals surface area (Å²) in [5.74, 6) is -1.40. The summed E-state index contributed by atoms with van der Waals surface area (Å²) < 4.78 is 1.97. The molecule has 1 amide bonds. The number of nitrogens with one attached hydrogen (secondary N) is 1. The van der Waals surface area contributed by atoms with Crippen molar-refractivity contribution in [3.8, 4) is 0 Å². The first-order valence-corrected chi connectivity index (χ1v) is 10.0. The molecule has 2 unspecified atom stereocenters. The molecule has 1 aromatic carbocycles. The predicted octanol–water partition coefficient (Wildman–Crippen LogP) is 3.09. The summed E-state index contributed by atoms with van der Waals surface area (Å²) in [4.78, 5) is 39.7. The molecule has 0 saturated carbocycles. The number of benzene rings is 1. The number of imidazole rings is 1. The number of likely N-dealkylation sites (tertiary alicyclic amines) is 1. The average Bonchev–Trinajstić information content (AvgIpc) is 3.50. The van der Waals surface area contributed by atoms with Gasteiger partial charge < -0.3 is 14.5 Å². The van der Waals surface area contributed by atoms with E-state index in [1.54, 1.807) is 23.6 Å². The third-order valence-corrected chi connectivity index (χ3v) is 5.73. The Morgan fingerprint density at radius 3 is 2.67 bits per heavy atom. The summed E-state index contributed by atoms with van der Waals surface area (Å²) in [7, 11) is 0. The van der Waals surface area contributed by atoms with Crippen molar-refractivity contribution in [2.75, 3.05) is 6.54 Å². The molecule has 0 spiro atoms. The van der Waals surface area contributed by atoms with Gasteiger partial charge in [-0.2, -0.15) is 0 Å². The molecule has 2 atom stereocenters. The zero-order valence-electron chi connectivity index (χ0n) is 16.3. The highest BCUT2D eigenvalue weighted by molar-refractivity contribution is 6.40. The molecule has 1 saturated heterocycles. The minimum Gasteiger partial charge on any atom is -0.361 e. The van der Waals surface area contributed by atoms with Gasteiger partial charge in [-0.05, 0) is 30.2 Å². The van der Waals surface area contributed by atoms with Gasteiger partial charge in [-0.15, -0.1) is 0 Å². The number of hydrogen-bond donors (Lipinski definition) is 1. The Morgan fingerprint density at radius 2 is 1.87 bits per heavy atom. The van der Waals surface area contributed by atoms with E-state index in [0.717, 1.165) is 35.1 Å². The van der Waals surface area contributed by atoms with Crippen LogP contribution < -0.4 is 0 Å². The number of para-hydroxylation sites is 1. The molecule has 0 aliphatic carbocycles. The Morgan fingerprint density at radius 1 is 1.00 bits per heavy atom. The van der Waals surface area contributed by atoms with Gasteiger partial charge in [0.25, 0.3) is 5.91 Å². The van der Waals surface area contributed by atoms with Crippen molar-refractivity contribution in [1.29, 1.82) is 0 Å². The van der Waals surface area contributed by atoms with Crippen molar-refractivity contribution in [3.63, 3.8) is 0 Å². The fourth-order valence-corrected chi connectivity index (χ4v) is 4.35. The predicted molar refractivity (Wildman–Crippen MR) is 112 cm³/mol. The third kappa shape index (κ3) is 3.08. The number of nitrogens with zero attached hydrogens (tertiary/aromatic N) is 4. The first kappa shape index (κ1) is 18.3. The number of fused-ring (bicyclic) bond motifs is 1. The Hall–Kier alpha value is -3.74. The van der Waals surface area contributed by atoms with E-state index in [1.165, 1.54) is 0 Å². The lowest BCUT2D eigenvalue weighted by Gasteiger charge is -2.26. The van der Waals surface area contributed by atoms with Crippen LogP contribution in [-0.4, -0.2) is 42.7 Å². The molecule has 30 heavy (non-hydrogen) atoms. The molecule has 5 rings (SSSR count). The molecule has 1 N–H and O–H groups in total. The van der Waals surface area contributed by atoms with Crippen LogP contribution in [0.2, 0.25) is 0 Å². The van der Waals surface area contributed by atoms with E-state index in [2.05, 4.69) is 15.0 Å². The van der Waals surface area contributed by atoms with Crippen LogP contribution in [0, 0.1) is 0 Å². The summed E-state index contributed by atoms with van der Waals surface area (Å²) in [6.07, 6.45) is 9.65. The normalized spacial score (nSPS) is 19.1. The molecule has 4 heterocycles. The number of Topliss-reactive ketones (excluding diaryl/α,β-unsaturated/α-hetero) is 1. The van der Waals surface area contributed by atoms with Crippen molar-refractivity contribution < 1.29 is 9.59 Å². The number of aromatic amines is 1. The Balaban J connectivity index is 1.52. The van der Waals surface area contributed by atoms with E-state index < -0.39 is 17.9 Å². The fourth-order valence-electron chi connectivity index (χ4n) is 4.35. The SMILES string of the molecule is O=C1C(=O)N(CCCn2ccnc2)C(c2ccccn2)C1c1c[nH]c2ccccc12. The second-order valence-electron chi connectivity index (χ2n) is 7.48. The Bertz CT molecular complexity index is 1180. The van der Waals surface area contributed by atoms with E-state index in [4.69, 9.17) is 0 Å². The molecule has 1 aliphatic heterocycles. The van der Waals surface area contributed by atoms with E-state index >= 15 is 0 Å². The second-order valence-corrected chi connectivity index (χ2v) is 7.48. The van der Waals surface area contributed by atoms with Gasteiger partial charge in [0.05, 0.1) is 24.0 Å². The number of H-pyrrole nitrogens is 1. The maximum absolute atomic E-state index is 13.2. The molecule has 150 valence electrons. The highest BCUT2D eigenvalue weighted by Gasteiger charge is 2.49. The standard InChI is InChI=1S/C23H21N5O2/c29-22-20(17-14-26-18-7-2-1-6-16(17)18)21(19-8-3-4-9-25-19)28(23(22)30)12-5-11-27-13-10-24-15-27/h1-4,6-10,13-15,20-21,26H,5,11-12H2. The molecule has 7 nitrogen and oxygen atoms in total. The number of aromatic nitrogens is 4. The summed E-state index contributed by atoms with van der Waals surface area (Å²) >= 11 is 0. The van der Waals surface area contributed by atoms with Crippen LogP contribution in [-0.2, 0) is 16.1 Å². The number of rotatable bonds is 6. The minimum absolute atomic E-state index is 0.377. The minimum atomic E-state index is -0.586. The van der Waals surface area contributed by atoms with Gasteiger partial charge in [-0.25, -0.2) is 4.98 Å². The molecule has 0 radical (unpaired) electrons. The highest BCUT2D eigenvalue weighted by atomic mass is 16.2. The molecular formula is C23H21N5O2. The van der Waals surface area contributed by atoms with Crippen LogP contribution in [0.15, 0.2) is 73.6 Å². The third-order valence-electron chi connectivity index (χ3n) is 5.73. The number of carbonyl (C=O) groups excluding carboxylic acids is 2. The van der Waals surface area contributed by atoms with Gasteiger partial charge >= 0.3 is 0 Å². The number of hydrogen-bond acceptors (Lipinski definition) is 4. The summed E-state index contributed by atoms with van der Waals surface area (Å²) in [6.45, 7) is 1.20. The van der Waals surface area contributed by atoms with Crippen LogP contribution in [0.25, 0.3) is 10.9 Å². The molecule has 1 aliphatic rings. The number of amides is 1. The number of carbonyl (C=O) groups is 2. The second kappa shape index (κ2) is 7.59. The number of aryl methyl sites for hydroxylation is 1. The van der Waals surface area contributed by atoms with Gasteiger partial charge in [-0.1, -0.05) is 24.3 Å². The monoisotopic (exact) mass is 399 g/mol. The average molecular weight is 399 g/mol. The zero-order valence-corrected chi connectivity index (χ0v) is 16.3. The van der Waals surface area contributed by atoms with Crippen LogP contribution in [0.5, 0.6) is 0 Å². The van der Waals surface area contributed by atoms with Gasteiger partial charge in [0.1, 0.15) is 0 Å². The first-order valence-electron chi connectivity index (χ1n) is 10.0. The highest BCUT2D eigenvalue weighted by Crippen LogP contribution is 2.43. The molecule has 3 aromatic heterocycles. The maximum atomic E-state index is 13.2.